The van der Waals surface area contributed by atoms with Gasteiger partial charge in [-0.25, -0.2) is 0 Å². The molecule has 1 aliphatic carbocycles. The summed E-state index contributed by atoms with van der Waals surface area (Å²) >= 11 is 3.53. The summed E-state index contributed by atoms with van der Waals surface area (Å²) in [4.78, 5) is 0. The van der Waals surface area contributed by atoms with E-state index in [1.807, 2.05) is 27.7 Å². The van der Waals surface area contributed by atoms with Gasteiger partial charge < -0.3 is 0 Å². The summed E-state index contributed by atoms with van der Waals surface area (Å²) in [5.74, 6) is 0. The van der Waals surface area contributed by atoms with Gasteiger partial charge in [0.05, 0.1) is 0 Å². The van der Waals surface area contributed by atoms with E-state index in [-0.39, 0.29) is 0 Å². The number of hydrogen-bond acceptors (Lipinski definition) is 1. The fourth-order valence-electron chi connectivity index (χ4n) is 1.06. The van der Waals surface area contributed by atoms with Gasteiger partial charge in [0.1, 0.15) is 0 Å². The van der Waals surface area contributed by atoms with E-state index in [9.17, 15) is 0 Å². The first kappa shape index (κ1) is 18.2. The van der Waals surface area contributed by atoms with Crippen molar-refractivity contribution in [1.82, 2.24) is 0 Å². The van der Waals surface area contributed by atoms with Crippen LogP contribution in [0.2, 0.25) is 0 Å². The molecule has 78 valence electrons. The van der Waals surface area contributed by atoms with Crippen molar-refractivity contribution in [3.8, 4) is 0 Å². The summed E-state index contributed by atoms with van der Waals surface area (Å²) in [7, 11) is 0. The highest BCUT2D eigenvalue weighted by Gasteiger charge is 1.95. The van der Waals surface area contributed by atoms with E-state index in [4.69, 9.17) is 0 Å². The maximum Gasteiger partial charge on any atom is -0.0215 e. The molecule has 0 aliphatic heterocycles. The average Bonchev–Trinajstić information content (AvgIpc) is 2.29. The zero-order valence-corrected chi connectivity index (χ0v) is 10.6. The van der Waals surface area contributed by atoms with E-state index in [1.54, 1.807) is 6.26 Å². The predicted molar refractivity (Wildman–Crippen MR) is 65.3 cm³/mol. The van der Waals surface area contributed by atoms with E-state index in [2.05, 4.69) is 12.6 Å². The normalized spacial score (nSPS) is 13.5. The van der Waals surface area contributed by atoms with Gasteiger partial charge in [-0.1, -0.05) is 66.2 Å². The third-order valence-corrected chi connectivity index (χ3v) is 1.50. The van der Waals surface area contributed by atoms with E-state index in [0.29, 0.717) is 0 Å². The molecule has 1 heteroatoms. The van der Waals surface area contributed by atoms with Crippen molar-refractivity contribution in [2.45, 2.75) is 66.2 Å². The predicted octanol–water partition coefficient (Wildman–Crippen LogP) is 4.94. The van der Waals surface area contributed by atoms with Crippen molar-refractivity contribution >= 4 is 12.6 Å². The molecule has 12 heavy (non-hydrogen) atoms. The van der Waals surface area contributed by atoms with Gasteiger partial charge in [0.15, 0.2) is 0 Å². The van der Waals surface area contributed by atoms with Crippen LogP contribution in [0.4, 0.5) is 0 Å². The fourth-order valence-corrected chi connectivity index (χ4v) is 1.06. The topological polar surface area (TPSA) is 0 Å². The Labute approximate surface area is 85.6 Å². The first-order chi connectivity index (χ1) is 6.00. The van der Waals surface area contributed by atoms with Crippen LogP contribution in [0.1, 0.15) is 66.2 Å². The van der Waals surface area contributed by atoms with Crippen molar-refractivity contribution in [1.29, 1.82) is 0 Å². The Morgan fingerprint density at radius 3 is 0.667 bits per heavy atom. The molecule has 1 saturated carbocycles. The molecule has 1 fully saturated rings. The second kappa shape index (κ2) is 30.2. The largest absolute Gasteiger partial charge is 0.183 e. The Morgan fingerprint density at radius 1 is 0.500 bits per heavy atom. The summed E-state index contributed by atoms with van der Waals surface area (Å²) in [6, 6.07) is 0. The SMILES string of the molecule is C1CCCCC1.CC.CC.CS. The molecule has 0 aromatic rings. The molecule has 0 amide bonds. The summed E-state index contributed by atoms with van der Waals surface area (Å²) in [5.41, 5.74) is 0. The Hall–Kier alpha value is 0.350. The molecule has 0 aromatic heterocycles. The van der Waals surface area contributed by atoms with Crippen molar-refractivity contribution in [3.05, 3.63) is 0 Å². The van der Waals surface area contributed by atoms with Crippen LogP contribution in [-0.4, -0.2) is 6.26 Å². The molecule has 0 N–H and O–H groups in total. The quantitative estimate of drug-likeness (QED) is 0.516. The minimum atomic E-state index is 1.50. The first-order valence-electron chi connectivity index (χ1n) is 5.45. The number of rotatable bonds is 0. The lowest BCUT2D eigenvalue weighted by Crippen LogP contribution is -1.85. The molecule has 0 bridgehead atoms. The van der Waals surface area contributed by atoms with Crippen LogP contribution in [0.3, 0.4) is 0 Å². The van der Waals surface area contributed by atoms with Gasteiger partial charge in [-0.15, -0.1) is 0 Å². The number of hydrogen-bond donors (Lipinski definition) is 1. The van der Waals surface area contributed by atoms with Crippen LogP contribution in [-0.2, 0) is 0 Å². The molecule has 0 spiro atoms. The lowest BCUT2D eigenvalue weighted by atomic mass is 10.0. The van der Waals surface area contributed by atoms with Gasteiger partial charge in [-0.3, -0.25) is 0 Å². The summed E-state index contributed by atoms with van der Waals surface area (Å²) in [6.07, 6.45) is 10.7. The van der Waals surface area contributed by atoms with E-state index in [0.717, 1.165) is 0 Å². The van der Waals surface area contributed by atoms with Crippen LogP contribution in [0.15, 0.2) is 0 Å². The van der Waals surface area contributed by atoms with Crippen LogP contribution in [0, 0.1) is 0 Å². The van der Waals surface area contributed by atoms with Crippen molar-refractivity contribution in [3.63, 3.8) is 0 Å². The van der Waals surface area contributed by atoms with Crippen LogP contribution >= 0.6 is 12.6 Å². The molecule has 0 radical (unpaired) electrons. The minimum absolute atomic E-state index is 1.50. The summed E-state index contributed by atoms with van der Waals surface area (Å²) in [6.45, 7) is 8.00. The standard InChI is InChI=1S/C6H12.2C2H6.CH4S/c1-2-4-6-5-3-1;3*1-2/h1-6H2;2*1-2H3;2H,1H3. The van der Waals surface area contributed by atoms with Gasteiger partial charge in [-0.05, 0) is 6.26 Å². The molecule has 0 atom stereocenters. The monoisotopic (exact) mass is 192 g/mol. The van der Waals surface area contributed by atoms with Gasteiger partial charge >= 0.3 is 0 Å². The van der Waals surface area contributed by atoms with Gasteiger partial charge in [-0.2, -0.15) is 12.6 Å². The third-order valence-electron chi connectivity index (χ3n) is 1.50. The molecular formula is C11H28S. The molecule has 0 unspecified atom stereocenters. The Kier molecular flexibility index (Phi) is 45.7. The molecule has 0 nitrogen and oxygen atoms in total. The first-order valence-corrected chi connectivity index (χ1v) is 6.34. The molecular weight excluding hydrogens is 164 g/mol. The van der Waals surface area contributed by atoms with Crippen LogP contribution in [0.25, 0.3) is 0 Å². The zero-order chi connectivity index (χ0) is 10.2. The fraction of sp³-hybridized carbons (Fsp3) is 1.00. The van der Waals surface area contributed by atoms with Gasteiger partial charge in [0.2, 0.25) is 0 Å². The van der Waals surface area contributed by atoms with Gasteiger partial charge in [0, 0.05) is 0 Å². The Morgan fingerprint density at radius 2 is 0.583 bits per heavy atom. The Bertz CT molecular complexity index is 20.5. The minimum Gasteiger partial charge on any atom is -0.183 e. The number of thiol groups is 1. The second-order valence-electron chi connectivity index (χ2n) is 2.12. The highest BCUT2D eigenvalue weighted by Crippen LogP contribution is 2.15. The van der Waals surface area contributed by atoms with E-state index >= 15 is 0 Å². The molecule has 1 rings (SSSR count). The highest BCUT2D eigenvalue weighted by atomic mass is 32.1. The zero-order valence-electron chi connectivity index (χ0n) is 9.69. The second-order valence-corrected chi connectivity index (χ2v) is 2.12. The van der Waals surface area contributed by atoms with Crippen molar-refractivity contribution in [2.24, 2.45) is 0 Å². The molecule has 1 aliphatic rings. The maximum absolute atomic E-state index is 3.53. The third kappa shape index (κ3) is 22.4. The molecule has 0 saturated heterocycles. The van der Waals surface area contributed by atoms with Crippen molar-refractivity contribution in [2.75, 3.05) is 6.26 Å². The average molecular weight is 192 g/mol. The smallest absolute Gasteiger partial charge is 0.0215 e. The Balaban J connectivity index is -0.000000117. The van der Waals surface area contributed by atoms with E-state index in [1.165, 1.54) is 38.5 Å². The maximum atomic E-state index is 3.53. The van der Waals surface area contributed by atoms with Crippen molar-refractivity contribution < 1.29 is 0 Å². The van der Waals surface area contributed by atoms with E-state index < -0.39 is 0 Å². The van der Waals surface area contributed by atoms with Crippen LogP contribution < -0.4 is 0 Å². The van der Waals surface area contributed by atoms with Gasteiger partial charge in [0.25, 0.3) is 0 Å². The summed E-state index contributed by atoms with van der Waals surface area (Å²) in [5, 5.41) is 0. The lowest BCUT2D eigenvalue weighted by Gasteiger charge is -2.05. The summed E-state index contributed by atoms with van der Waals surface area (Å²) < 4.78 is 0. The molecule has 0 heterocycles. The highest BCUT2D eigenvalue weighted by molar-refractivity contribution is 7.79. The van der Waals surface area contributed by atoms with Crippen LogP contribution in [0.5, 0.6) is 0 Å². The lowest BCUT2D eigenvalue weighted by molar-refractivity contribution is 0.504. The molecule has 0 aromatic carbocycles.